The van der Waals surface area contributed by atoms with Gasteiger partial charge in [0.1, 0.15) is 5.75 Å². The Labute approximate surface area is 180 Å². The van der Waals surface area contributed by atoms with Crippen LogP contribution in [0.5, 0.6) is 17.2 Å². The third kappa shape index (κ3) is 4.33. The maximum atomic E-state index is 12.9. The lowest BCUT2D eigenvalue weighted by atomic mass is 10.1. The molecule has 1 aliphatic heterocycles. The highest BCUT2D eigenvalue weighted by Gasteiger charge is 2.31. The molecule has 0 spiro atoms. The molecular formula is C20H23ClN2O6S. The number of carbonyl (C=O) groups is 1. The smallest absolute Gasteiger partial charge is 0.254 e. The number of ether oxygens (including phenoxy) is 3. The van der Waals surface area contributed by atoms with Crippen molar-refractivity contribution in [2.24, 2.45) is 0 Å². The maximum absolute atomic E-state index is 12.9. The van der Waals surface area contributed by atoms with Gasteiger partial charge in [0, 0.05) is 31.7 Å². The fourth-order valence-corrected chi connectivity index (χ4v) is 5.01. The van der Waals surface area contributed by atoms with Gasteiger partial charge in [-0.2, -0.15) is 4.31 Å². The van der Waals surface area contributed by atoms with E-state index in [1.54, 1.807) is 23.1 Å². The molecule has 0 N–H and O–H groups in total. The molecular weight excluding hydrogens is 432 g/mol. The molecule has 0 saturated carbocycles. The molecule has 0 aromatic heterocycles. The minimum Gasteiger partial charge on any atom is -0.495 e. The van der Waals surface area contributed by atoms with Crippen LogP contribution in [0.15, 0.2) is 41.3 Å². The summed E-state index contributed by atoms with van der Waals surface area (Å²) in [5, 5.41) is 0.223. The van der Waals surface area contributed by atoms with Crippen molar-refractivity contribution < 1.29 is 27.4 Å². The Bertz CT molecular complexity index is 1040. The Morgan fingerprint density at radius 3 is 2.03 bits per heavy atom. The predicted octanol–water partition coefficient (Wildman–Crippen LogP) is 2.51. The van der Waals surface area contributed by atoms with Crippen molar-refractivity contribution in [1.82, 2.24) is 9.21 Å². The molecule has 0 aliphatic carbocycles. The van der Waals surface area contributed by atoms with Crippen LogP contribution in [0.1, 0.15) is 10.4 Å². The first-order valence-electron chi connectivity index (χ1n) is 9.16. The molecule has 8 nitrogen and oxygen atoms in total. The number of sulfonamides is 1. The SMILES string of the molecule is COc1ccc(S(=O)(=O)N2CCN(C(=O)c3ccc(OC)c(OC)c3)CC2)cc1Cl. The van der Waals surface area contributed by atoms with Crippen LogP contribution in [0.3, 0.4) is 0 Å². The highest BCUT2D eigenvalue weighted by molar-refractivity contribution is 7.89. The van der Waals surface area contributed by atoms with Gasteiger partial charge in [-0.1, -0.05) is 11.6 Å². The molecule has 2 aromatic rings. The van der Waals surface area contributed by atoms with E-state index in [9.17, 15) is 13.2 Å². The van der Waals surface area contributed by atoms with Crippen LogP contribution in [0.4, 0.5) is 0 Å². The summed E-state index contributed by atoms with van der Waals surface area (Å²) in [6.45, 7) is 0.919. The summed E-state index contributed by atoms with van der Waals surface area (Å²) < 4.78 is 42.7. The molecule has 1 saturated heterocycles. The van der Waals surface area contributed by atoms with Gasteiger partial charge in [0.25, 0.3) is 5.91 Å². The minimum atomic E-state index is -3.72. The van der Waals surface area contributed by atoms with Gasteiger partial charge < -0.3 is 19.1 Å². The van der Waals surface area contributed by atoms with E-state index in [1.165, 1.54) is 43.8 Å². The van der Waals surface area contributed by atoms with Crippen LogP contribution < -0.4 is 14.2 Å². The third-order valence-electron chi connectivity index (χ3n) is 4.92. The first-order chi connectivity index (χ1) is 14.3. The van der Waals surface area contributed by atoms with Crippen LogP contribution in [-0.4, -0.2) is 71.0 Å². The third-order valence-corrected chi connectivity index (χ3v) is 7.11. The van der Waals surface area contributed by atoms with E-state index < -0.39 is 10.0 Å². The number of nitrogens with zero attached hydrogens (tertiary/aromatic N) is 2. The standard InChI is InChI=1S/C20H23ClN2O6S/c1-27-17-7-5-15(13-16(17)21)30(25,26)23-10-8-22(9-11-23)20(24)14-4-6-18(28-2)19(12-14)29-3/h4-7,12-13H,8-11H2,1-3H3. The van der Waals surface area contributed by atoms with Gasteiger partial charge >= 0.3 is 0 Å². The lowest BCUT2D eigenvalue weighted by Gasteiger charge is -2.34. The number of carbonyl (C=O) groups excluding carboxylic acids is 1. The molecule has 1 heterocycles. The van der Waals surface area contributed by atoms with Crippen molar-refractivity contribution in [1.29, 1.82) is 0 Å². The van der Waals surface area contributed by atoms with E-state index >= 15 is 0 Å². The number of hydrogen-bond donors (Lipinski definition) is 0. The quantitative estimate of drug-likeness (QED) is 0.666. The van der Waals surface area contributed by atoms with Crippen molar-refractivity contribution >= 4 is 27.5 Å². The first kappa shape index (κ1) is 22.2. The van der Waals surface area contributed by atoms with E-state index in [2.05, 4.69) is 0 Å². The van der Waals surface area contributed by atoms with Crippen LogP contribution in [-0.2, 0) is 10.0 Å². The van der Waals surface area contributed by atoms with Crippen molar-refractivity contribution in [3.8, 4) is 17.2 Å². The average Bonchev–Trinajstić information content (AvgIpc) is 2.78. The topological polar surface area (TPSA) is 85.4 Å². The van der Waals surface area contributed by atoms with Crippen LogP contribution in [0.25, 0.3) is 0 Å². The van der Waals surface area contributed by atoms with E-state index in [-0.39, 0.29) is 42.0 Å². The summed E-state index contributed by atoms with van der Waals surface area (Å²) in [5.41, 5.74) is 0.450. The first-order valence-corrected chi connectivity index (χ1v) is 11.0. The Balaban J connectivity index is 1.71. The zero-order valence-electron chi connectivity index (χ0n) is 16.9. The number of rotatable bonds is 6. The van der Waals surface area contributed by atoms with E-state index in [0.717, 1.165) is 0 Å². The molecule has 3 rings (SSSR count). The average molecular weight is 455 g/mol. The number of hydrogen-bond acceptors (Lipinski definition) is 6. The number of benzene rings is 2. The summed E-state index contributed by atoms with van der Waals surface area (Å²) in [7, 11) is 0.762. The number of piperazine rings is 1. The summed E-state index contributed by atoms with van der Waals surface area (Å²) in [4.78, 5) is 14.5. The number of amides is 1. The lowest BCUT2D eigenvalue weighted by Crippen LogP contribution is -2.50. The van der Waals surface area contributed by atoms with Gasteiger partial charge in [0.2, 0.25) is 10.0 Å². The fraction of sp³-hybridized carbons (Fsp3) is 0.350. The maximum Gasteiger partial charge on any atom is 0.254 e. The Hall–Kier alpha value is -2.49. The Morgan fingerprint density at radius 1 is 0.867 bits per heavy atom. The van der Waals surface area contributed by atoms with E-state index in [1.807, 2.05) is 0 Å². The zero-order valence-corrected chi connectivity index (χ0v) is 18.5. The summed E-state index contributed by atoms with van der Waals surface area (Å²) in [6, 6.07) is 9.29. The molecule has 1 aliphatic rings. The summed E-state index contributed by atoms with van der Waals surface area (Å²) in [6.07, 6.45) is 0. The monoisotopic (exact) mass is 454 g/mol. The van der Waals surface area contributed by atoms with Gasteiger partial charge in [-0.3, -0.25) is 4.79 Å². The lowest BCUT2D eigenvalue weighted by molar-refractivity contribution is 0.0697. The molecule has 0 unspecified atom stereocenters. The second kappa shape index (κ2) is 9.11. The van der Waals surface area contributed by atoms with Gasteiger partial charge in [-0.15, -0.1) is 0 Å². The largest absolute Gasteiger partial charge is 0.495 e. The summed E-state index contributed by atoms with van der Waals surface area (Å²) >= 11 is 6.07. The predicted molar refractivity (Wildman–Crippen MR) is 112 cm³/mol. The van der Waals surface area contributed by atoms with Crippen molar-refractivity contribution in [2.75, 3.05) is 47.5 Å². The molecule has 162 valence electrons. The number of halogens is 1. The highest BCUT2D eigenvalue weighted by atomic mass is 35.5. The normalized spacial score (nSPS) is 15.0. The van der Waals surface area contributed by atoms with Crippen molar-refractivity contribution in [2.45, 2.75) is 4.90 Å². The molecule has 0 bridgehead atoms. The number of methoxy groups -OCH3 is 3. The van der Waals surface area contributed by atoms with Crippen molar-refractivity contribution in [3.05, 3.63) is 47.0 Å². The minimum absolute atomic E-state index is 0.0907. The second-order valence-electron chi connectivity index (χ2n) is 6.56. The molecule has 10 heteroatoms. The second-order valence-corrected chi connectivity index (χ2v) is 8.91. The van der Waals surface area contributed by atoms with Crippen LogP contribution >= 0.6 is 11.6 Å². The van der Waals surface area contributed by atoms with Gasteiger partial charge in [0.05, 0.1) is 31.2 Å². The van der Waals surface area contributed by atoms with Crippen LogP contribution in [0.2, 0.25) is 5.02 Å². The van der Waals surface area contributed by atoms with Crippen molar-refractivity contribution in [3.63, 3.8) is 0 Å². The molecule has 30 heavy (non-hydrogen) atoms. The Morgan fingerprint density at radius 2 is 1.47 bits per heavy atom. The van der Waals surface area contributed by atoms with Crippen LogP contribution in [0, 0.1) is 0 Å². The van der Waals surface area contributed by atoms with Gasteiger partial charge in [-0.05, 0) is 36.4 Å². The summed E-state index contributed by atoms with van der Waals surface area (Å²) in [5.74, 6) is 1.20. The van der Waals surface area contributed by atoms with E-state index in [0.29, 0.717) is 22.8 Å². The van der Waals surface area contributed by atoms with E-state index in [4.69, 9.17) is 25.8 Å². The molecule has 1 amide bonds. The highest BCUT2D eigenvalue weighted by Crippen LogP contribution is 2.30. The zero-order chi connectivity index (χ0) is 21.9. The van der Waals surface area contributed by atoms with Gasteiger partial charge in [0.15, 0.2) is 11.5 Å². The molecule has 1 fully saturated rings. The van der Waals surface area contributed by atoms with Gasteiger partial charge in [-0.25, -0.2) is 8.42 Å². The molecule has 0 atom stereocenters. The molecule has 0 radical (unpaired) electrons. The fourth-order valence-electron chi connectivity index (χ4n) is 3.24. The molecule has 2 aromatic carbocycles. The Kier molecular flexibility index (Phi) is 6.74.